The molecule has 0 bridgehead atoms. The van der Waals surface area contributed by atoms with E-state index < -0.39 is 5.41 Å². The normalized spacial score (nSPS) is 22.2. The van der Waals surface area contributed by atoms with E-state index in [1.807, 2.05) is 24.4 Å². The molecule has 0 amide bonds. The summed E-state index contributed by atoms with van der Waals surface area (Å²) in [5, 5.41) is 4.37. The van der Waals surface area contributed by atoms with Crippen LogP contribution in [-0.4, -0.2) is 41.5 Å². The first-order valence-corrected chi connectivity index (χ1v) is 8.66. The van der Waals surface area contributed by atoms with Gasteiger partial charge < -0.3 is 14.2 Å². The maximum Gasteiger partial charge on any atom is 0.181 e. The van der Waals surface area contributed by atoms with Crippen LogP contribution in [0.25, 0.3) is 5.69 Å². The number of hydrogen-bond donors (Lipinski definition) is 0. The molecule has 1 aromatic heterocycles. The molecular weight excluding hydrogens is 320 g/mol. The third-order valence-corrected chi connectivity index (χ3v) is 5.89. The van der Waals surface area contributed by atoms with E-state index in [2.05, 4.69) is 5.10 Å². The summed E-state index contributed by atoms with van der Waals surface area (Å²) in [5.74, 6) is 0.848. The van der Waals surface area contributed by atoms with Crippen LogP contribution < -0.4 is 4.74 Å². The van der Waals surface area contributed by atoms with Crippen LogP contribution in [0, 0.1) is 5.41 Å². The minimum absolute atomic E-state index is 0.158. The van der Waals surface area contributed by atoms with E-state index in [0.29, 0.717) is 31.1 Å². The molecule has 5 rings (SSSR count). The summed E-state index contributed by atoms with van der Waals surface area (Å²) < 4.78 is 18.7. The number of carbonyl (C=O) groups excluding carboxylic acids is 1. The highest BCUT2D eigenvalue weighted by Crippen LogP contribution is 2.57. The predicted molar refractivity (Wildman–Crippen MR) is 89.1 cm³/mol. The molecule has 130 valence electrons. The molecule has 25 heavy (non-hydrogen) atoms. The van der Waals surface area contributed by atoms with Crippen LogP contribution in [0.15, 0.2) is 30.6 Å². The summed E-state index contributed by atoms with van der Waals surface area (Å²) in [4.78, 5) is 13.3. The molecule has 1 aliphatic carbocycles. The number of benzene rings is 1. The zero-order valence-corrected chi connectivity index (χ0v) is 14.2. The SMILES string of the molecule is COCc1cnn(-c2ccc3c(c2)C(=O)C2(COC2)C2(CCC2)O3)c1. The highest BCUT2D eigenvalue weighted by Gasteiger charge is 2.67. The maximum atomic E-state index is 13.3. The second-order valence-electron chi connectivity index (χ2n) is 7.26. The highest BCUT2D eigenvalue weighted by molar-refractivity contribution is 6.06. The Morgan fingerprint density at radius 1 is 1.32 bits per heavy atom. The van der Waals surface area contributed by atoms with Crippen molar-refractivity contribution in [3.8, 4) is 11.4 Å². The van der Waals surface area contributed by atoms with Crippen LogP contribution in [-0.2, 0) is 16.1 Å². The van der Waals surface area contributed by atoms with E-state index in [4.69, 9.17) is 14.2 Å². The van der Waals surface area contributed by atoms with Gasteiger partial charge in [0.05, 0.1) is 37.3 Å². The fourth-order valence-electron chi connectivity index (χ4n) is 4.22. The number of aromatic nitrogens is 2. The Kier molecular flexibility index (Phi) is 3.12. The van der Waals surface area contributed by atoms with Gasteiger partial charge in [0, 0.05) is 18.9 Å². The second kappa shape index (κ2) is 5.16. The summed E-state index contributed by atoms with van der Waals surface area (Å²) in [6.07, 6.45) is 6.66. The van der Waals surface area contributed by atoms with E-state index in [-0.39, 0.29) is 11.4 Å². The van der Waals surface area contributed by atoms with Gasteiger partial charge in [0.15, 0.2) is 5.78 Å². The fraction of sp³-hybridized carbons (Fsp3) is 0.474. The molecule has 6 heteroatoms. The van der Waals surface area contributed by atoms with Gasteiger partial charge in [0.25, 0.3) is 0 Å². The van der Waals surface area contributed by atoms with Crippen molar-refractivity contribution in [3.05, 3.63) is 41.7 Å². The van der Waals surface area contributed by atoms with Gasteiger partial charge in [-0.05, 0) is 37.5 Å². The van der Waals surface area contributed by atoms with Crippen LogP contribution >= 0.6 is 0 Å². The largest absolute Gasteiger partial charge is 0.485 e. The van der Waals surface area contributed by atoms with E-state index >= 15 is 0 Å². The first-order chi connectivity index (χ1) is 12.2. The lowest BCUT2D eigenvalue weighted by Crippen LogP contribution is -2.71. The molecule has 2 aliphatic heterocycles. The van der Waals surface area contributed by atoms with Crippen molar-refractivity contribution < 1.29 is 19.0 Å². The van der Waals surface area contributed by atoms with Gasteiger partial charge in [-0.2, -0.15) is 5.10 Å². The van der Waals surface area contributed by atoms with Crippen molar-refractivity contribution in [3.63, 3.8) is 0 Å². The van der Waals surface area contributed by atoms with Crippen molar-refractivity contribution in [1.29, 1.82) is 0 Å². The molecule has 3 heterocycles. The highest BCUT2D eigenvalue weighted by atomic mass is 16.5. The van der Waals surface area contributed by atoms with Crippen molar-refractivity contribution in [2.75, 3.05) is 20.3 Å². The quantitative estimate of drug-likeness (QED) is 0.859. The van der Waals surface area contributed by atoms with Gasteiger partial charge in [-0.1, -0.05) is 0 Å². The lowest BCUT2D eigenvalue weighted by Gasteiger charge is -2.60. The molecule has 0 atom stereocenters. The fourth-order valence-corrected chi connectivity index (χ4v) is 4.22. The first kappa shape index (κ1) is 15.1. The standard InChI is InChI=1S/C19H20N2O4/c1-23-10-13-8-20-21(9-13)14-3-4-16-15(7-14)17(22)18(11-24-12-18)19(25-16)5-2-6-19/h3-4,7-9H,2,5-6,10-12H2,1H3. The molecule has 6 nitrogen and oxygen atoms in total. The van der Waals surface area contributed by atoms with E-state index in [9.17, 15) is 4.79 Å². The Morgan fingerprint density at radius 2 is 2.16 bits per heavy atom. The number of rotatable bonds is 3. The Bertz CT molecular complexity index is 849. The number of nitrogens with zero attached hydrogens (tertiary/aromatic N) is 2. The third kappa shape index (κ3) is 1.92. The average Bonchev–Trinajstić information content (AvgIpc) is 3.00. The smallest absolute Gasteiger partial charge is 0.181 e. The molecule has 2 aromatic rings. The monoisotopic (exact) mass is 340 g/mol. The zero-order valence-electron chi connectivity index (χ0n) is 14.2. The van der Waals surface area contributed by atoms with Crippen LogP contribution in [0.1, 0.15) is 35.2 Å². The summed E-state index contributed by atoms with van der Waals surface area (Å²) in [6.45, 7) is 1.44. The second-order valence-corrected chi connectivity index (χ2v) is 7.26. The third-order valence-electron chi connectivity index (χ3n) is 5.89. The molecule has 3 aliphatic rings. The first-order valence-electron chi connectivity index (χ1n) is 8.66. The van der Waals surface area contributed by atoms with Crippen LogP contribution in [0.2, 0.25) is 0 Å². The minimum atomic E-state index is -0.498. The van der Waals surface area contributed by atoms with Crippen LogP contribution in [0.3, 0.4) is 0 Å². The number of methoxy groups -OCH3 is 1. The van der Waals surface area contributed by atoms with Crippen molar-refractivity contribution in [2.24, 2.45) is 5.41 Å². The molecule has 0 N–H and O–H groups in total. The summed E-state index contributed by atoms with van der Waals surface area (Å²) in [5.41, 5.74) is 1.62. The van der Waals surface area contributed by atoms with Gasteiger partial charge in [-0.25, -0.2) is 4.68 Å². The topological polar surface area (TPSA) is 62.6 Å². The Labute approximate surface area is 145 Å². The molecule has 2 fully saturated rings. The number of Topliss-reactive ketones (excluding diaryl/α,β-unsaturated/α-hetero) is 1. The van der Waals surface area contributed by atoms with E-state index in [1.165, 1.54) is 0 Å². The average molecular weight is 340 g/mol. The molecular formula is C19H20N2O4. The van der Waals surface area contributed by atoms with Gasteiger partial charge in [0.2, 0.25) is 0 Å². The minimum Gasteiger partial charge on any atom is -0.485 e. The van der Waals surface area contributed by atoms with E-state index in [0.717, 1.165) is 30.5 Å². The number of hydrogen-bond acceptors (Lipinski definition) is 5. The van der Waals surface area contributed by atoms with Gasteiger partial charge >= 0.3 is 0 Å². The predicted octanol–water partition coefficient (Wildman–Crippen LogP) is 2.53. The van der Waals surface area contributed by atoms with Crippen LogP contribution in [0.5, 0.6) is 5.75 Å². The molecule has 0 unspecified atom stereocenters. The molecule has 0 radical (unpaired) electrons. The van der Waals surface area contributed by atoms with E-state index in [1.54, 1.807) is 18.0 Å². The lowest BCUT2D eigenvalue weighted by atomic mass is 9.56. The number of ketones is 1. The molecule has 2 spiro atoms. The van der Waals surface area contributed by atoms with Gasteiger partial charge in [-0.3, -0.25) is 4.79 Å². The Hall–Kier alpha value is -2.18. The van der Waals surface area contributed by atoms with Gasteiger partial charge in [0.1, 0.15) is 16.8 Å². The molecule has 1 saturated heterocycles. The van der Waals surface area contributed by atoms with Crippen LogP contribution in [0.4, 0.5) is 0 Å². The van der Waals surface area contributed by atoms with Gasteiger partial charge in [-0.15, -0.1) is 0 Å². The Morgan fingerprint density at radius 3 is 2.80 bits per heavy atom. The molecule has 1 aromatic carbocycles. The zero-order chi connectivity index (χ0) is 17.1. The number of fused-ring (bicyclic) bond motifs is 2. The van der Waals surface area contributed by atoms with Crippen molar-refractivity contribution in [2.45, 2.75) is 31.5 Å². The lowest BCUT2D eigenvalue weighted by molar-refractivity contribution is -0.213. The maximum absolute atomic E-state index is 13.3. The number of ether oxygens (including phenoxy) is 3. The Balaban J connectivity index is 1.55. The summed E-state index contributed by atoms with van der Waals surface area (Å²) in [7, 11) is 1.66. The summed E-state index contributed by atoms with van der Waals surface area (Å²) >= 11 is 0. The molecule has 1 saturated carbocycles. The van der Waals surface area contributed by atoms with Crippen molar-refractivity contribution in [1.82, 2.24) is 9.78 Å². The van der Waals surface area contributed by atoms with Crippen molar-refractivity contribution >= 4 is 5.78 Å². The summed E-state index contributed by atoms with van der Waals surface area (Å²) in [6, 6.07) is 5.72. The number of carbonyl (C=O) groups is 1.